The van der Waals surface area contributed by atoms with Gasteiger partial charge in [-0.25, -0.2) is 4.52 Å². The zero-order valence-electron chi connectivity index (χ0n) is 18.6. The van der Waals surface area contributed by atoms with Crippen LogP contribution in [0.1, 0.15) is 49.9 Å². The molecule has 0 aliphatic carbocycles. The maximum Gasteiger partial charge on any atom is 0.277 e. The van der Waals surface area contributed by atoms with Crippen LogP contribution in [0.25, 0.3) is 16.8 Å². The fourth-order valence-electron chi connectivity index (χ4n) is 4.49. The second-order valence-electron chi connectivity index (χ2n) is 8.59. The van der Waals surface area contributed by atoms with Gasteiger partial charge in [0.25, 0.3) is 5.56 Å². The van der Waals surface area contributed by atoms with E-state index < -0.39 is 0 Å². The SMILES string of the molecule is CC[C@H]1CCCCN1Cc1nc(Cn2ccn3nc(-c4ccc(C)cc4)cc3c2=O)no1. The van der Waals surface area contributed by atoms with Crippen LogP contribution in [-0.2, 0) is 13.1 Å². The third kappa shape index (κ3) is 4.10. The van der Waals surface area contributed by atoms with Gasteiger partial charge in [-0.2, -0.15) is 10.1 Å². The molecule has 4 heterocycles. The van der Waals surface area contributed by atoms with E-state index in [4.69, 9.17) is 4.52 Å². The second-order valence-corrected chi connectivity index (χ2v) is 8.59. The molecule has 166 valence electrons. The molecule has 5 rings (SSSR count). The van der Waals surface area contributed by atoms with Crippen LogP contribution in [0.5, 0.6) is 0 Å². The molecule has 0 unspecified atom stereocenters. The van der Waals surface area contributed by atoms with E-state index in [9.17, 15) is 4.79 Å². The van der Waals surface area contributed by atoms with E-state index in [1.165, 1.54) is 24.8 Å². The van der Waals surface area contributed by atoms with Crippen LogP contribution in [0, 0.1) is 6.92 Å². The number of rotatable bonds is 6. The van der Waals surface area contributed by atoms with Gasteiger partial charge in [0, 0.05) is 24.0 Å². The fourth-order valence-corrected chi connectivity index (χ4v) is 4.49. The maximum atomic E-state index is 13.0. The molecule has 1 aliphatic rings. The topological polar surface area (TPSA) is 81.5 Å². The largest absolute Gasteiger partial charge is 0.338 e. The predicted molar refractivity (Wildman–Crippen MR) is 121 cm³/mol. The highest BCUT2D eigenvalue weighted by atomic mass is 16.5. The summed E-state index contributed by atoms with van der Waals surface area (Å²) in [7, 11) is 0. The summed E-state index contributed by atoms with van der Waals surface area (Å²) in [6, 6.07) is 10.5. The number of hydrogen-bond donors (Lipinski definition) is 0. The van der Waals surface area contributed by atoms with Crippen molar-refractivity contribution in [2.24, 2.45) is 0 Å². The summed E-state index contributed by atoms with van der Waals surface area (Å²) >= 11 is 0. The summed E-state index contributed by atoms with van der Waals surface area (Å²) < 4.78 is 8.72. The molecule has 1 fully saturated rings. The lowest BCUT2D eigenvalue weighted by Gasteiger charge is -2.33. The average Bonchev–Trinajstić information content (AvgIpc) is 3.44. The Morgan fingerprint density at radius 3 is 2.78 bits per heavy atom. The quantitative estimate of drug-likeness (QED) is 0.462. The Morgan fingerprint density at radius 1 is 1.12 bits per heavy atom. The average molecular weight is 433 g/mol. The van der Waals surface area contributed by atoms with Crippen molar-refractivity contribution in [3.05, 3.63) is 70.4 Å². The molecule has 0 amide bonds. The summed E-state index contributed by atoms with van der Waals surface area (Å²) in [6.07, 6.45) is 8.36. The Balaban J connectivity index is 1.35. The van der Waals surface area contributed by atoms with Gasteiger partial charge in [0.15, 0.2) is 5.82 Å². The van der Waals surface area contributed by atoms with E-state index >= 15 is 0 Å². The van der Waals surface area contributed by atoms with Crippen LogP contribution < -0.4 is 5.56 Å². The number of hydrogen-bond acceptors (Lipinski definition) is 6. The minimum atomic E-state index is -0.133. The molecule has 1 aliphatic heterocycles. The summed E-state index contributed by atoms with van der Waals surface area (Å²) in [5.41, 5.74) is 3.33. The standard InChI is InChI=1S/C24H28N6O2/c1-3-19-6-4-5-11-28(19)16-23-25-22(27-32-23)15-29-12-13-30-21(24(29)31)14-20(26-30)18-9-7-17(2)8-10-18/h7-10,12-14,19H,3-6,11,15-16H2,1-2H3/t19-/m0/s1. The van der Waals surface area contributed by atoms with Gasteiger partial charge < -0.3 is 9.09 Å². The first-order valence-electron chi connectivity index (χ1n) is 11.3. The summed E-state index contributed by atoms with van der Waals surface area (Å²) in [5.74, 6) is 1.12. The Kier molecular flexibility index (Phi) is 5.61. The van der Waals surface area contributed by atoms with Crippen molar-refractivity contribution >= 4 is 5.52 Å². The van der Waals surface area contributed by atoms with E-state index in [-0.39, 0.29) is 12.1 Å². The van der Waals surface area contributed by atoms with Gasteiger partial charge in [-0.3, -0.25) is 9.69 Å². The van der Waals surface area contributed by atoms with Crippen LogP contribution >= 0.6 is 0 Å². The van der Waals surface area contributed by atoms with Gasteiger partial charge >= 0.3 is 0 Å². The molecular weight excluding hydrogens is 404 g/mol. The minimum Gasteiger partial charge on any atom is -0.338 e. The Morgan fingerprint density at radius 2 is 1.97 bits per heavy atom. The first-order chi connectivity index (χ1) is 15.6. The molecular formula is C24H28N6O2. The lowest BCUT2D eigenvalue weighted by atomic mass is 10.0. The van der Waals surface area contributed by atoms with Gasteiger partial charge in [0.05, 0.1) is 18.8 Å². The number of aromatic nitrogens is 5. The van der Waals surface area contributed by atoms with E-state index in [1.807, 2.05) is 37.3 Å². The lowest BCUT2D eigenvalue weighted by Crippen LogP contribution is -2.38. The molecule has 4 aromatic rings. The number of likely N-dealkylation sites (tertiary alicyclic amines) is 1. The van der Waals surface area contributed by atoms with Crippen molar-refractivity contribution in [2.45, 2.75) is 58.7 Å². The van der Waals surface area contributed by atoms with Gasteiger partial charge in [0.2, 0.25) is 5.89 Å². The number of nitrogens with zero attached hydrogens (tertiary/aromatic N) is 6. The molecule has 0 N–H and O–H groups in total. The summed E-state index contributed by atoms with van der Waals surface area (Å²) in [5, 5.41) is 8.67. The second kappa shape index (κ2) is 8.70. The molecule has 0 saturated carbocycles. The van der Waals surface area contributed by atoms with Crippen LogP contribution in [-0.4, -0.2) is 41.8 Å². The van der Waals surface area contributed by atoms with Crippen molar-refractivity contribution in [1.29, 1.82) is 0 Å². The van der Waals surface area contributed by atoms with Crippen molar-refractivity contribution in [1.82, 2.24) is 29.2 Å². The molecule has 32 heavy (non-hydrogen) atoms. The van der Waals surface area contributed by atoms with E-state index in [0.29, 0.717) is 29.8 Å². The van der Waals surface area contributed by atoms with Gasteiger partial charge in [-0.05, 0) is 38.8 Å². The highest BCUT2D eigenvalue weighted by Crippen LogP contribution is 2.21. The highest BCUT2D eigenvalue weighted by Gasteiger charge is 2.23. The maximum absolute atomic E-state index is 13.0. The van der Waals surface area contributed by atoms with Crippen molar-refractivity contribution in [2.75, 3.05) is 6.54 Å². The van der Waals surface area contributed by atoms with Gasteiger partial charge in [-0.15, -0.1) is 0 Å². The predicted octanol–water partition coefficient (Wildman–Crippen LogP) is 3.67. The number of piperidine rings is 1. The Hall–Kier alpha value is -3.26. The van der Waals surface area contributed by atoms with E-state index in [0.717, 1.165) is 24.2 Å². The van der Waals surface area contributed by atoms with Crippen LogP contribution in [0.15, 0.2) is 52.0 Å². The fraction of sp³-hybridized carbons (Fsp3) is 0.417. The monoisotopic (exact) mass is 432 g/mol. The van der Waals surface area contributed by atoms with Crippen LogP contribution in [0.3, 0.4) is 0 Å². The molecule has 1 aromatic carbocycles. The molecule has 3 aromatic heterocycles. The van der Waals surface area contributed by atoms with Crippen molar-refractivity contribution in [3.63, 3.8) is 0 Å². The highest BCUT2D eigenvalue weighted by molar-refractivity contribution is 5.65. The molecule has 8 nitrogen and oxygen atoms in total. The molecule has 0 radical (unpaired) electrons. The normalized spacial score (nSPS) is 17.2. The molecule has 8 heteroatoms. The molecule has 0 spiro atoms. The Bertz CT molecular complexity index is 1270. The molecule has 1 atom stereocenters. The first kappa shape index (κ1) is 20.6. The lowest BCUT2D eigenvalue weighted by molar-refractivity contribution is 0.120. The first-order valence-corrected chi connectivity index (χ1v) is 11.3. The zero-order valence-corrected chi connectivity index (χ0v) is 18.6. The molecule has 0 bridgehead atoms. The van der Waals surface area contributed by atoms with Crippen molar-refractivity contribution < 1.29 is 4.52 Å². The molecule has 1 saturated heterocycles. The van der Waals surface area contributed by atoms with Gasteiger partial charge in [-0.1, -0.05) is 48.3 Å². The third-order valence-electron chi connectivity index (χ3n) is 6.33. The van der Waals surface area contributed by atoms with Crippen molar-refractivity contribution in [3.8, 4) is 11.3 Å². The van der Waals surface area contributed by atoms with Crippen LogP contribution in [0.2, 0.25) is 0 Å². The summed E-state index contributed by atoms with van der Waals surface area (Å²) in [6.45, 7) is 6.27. The van der Waals surface area contributed by atoms with E-state index in [2.05, 4.69) is 27.1 Å². The van der Waals surface area contributed by atoms with Crippen LogP contribution in [0.4, 0.5) is 0 Å². The number of benzene rings is 1. The third-order valence-corrected chi connectivity index (χ3v) is 6.33. The number of aryl methyl sites for hydroxylation is 1. The Labute approximate surface area is 186 Å². The minimum absolute atomic E-state index is 0.133. The van der Waals surface area contributed by atoms with E-state index in [1.54, 1.807) is 21.5 Å². The number of fused-ring (bicyclic) bond motifs is 1. The van der Waals surface area contributed by atoms with Gasteiger partial charge in [0.1, 0.15) is 5.52 Å². The smallest absolute Gasteiger partial charge is 0.277 e. The zero-order chi connectivity index (χ0) is 22.1. The summed E-state index contributed by atoms with van der Waals surface area (Å²) in [4.78, 5) is 20.0.